The number of carboxylic acids is 1. The Morgan fingerprint density at radius 3 is 2.48 bits per heavy atom. The van der Waals surface area contributed by atoms with Crippen molar-refractivity contribution in [2.75, 3.05) is 6.54 Å². The first-order valence-corrected chi connectivity index (χ1v) is 8.08. The van der Waals surface area contributed by atoms with Crippen molar-refractivity contribution in [3.63, 3.8) is 0 Å². The number of fused-ring (bicyclic) bond motifs is 1. The van der Waals surface area contributed by atoms with Gasteiger partial charge in [-0.25, -0.2) is 0 Å². The van der Waals surface area contributed by atoms with E-state index in [1.54, 1.807) is 4.90 Å². The molecule has 0 aromatic rings. The zero-order valence-electron chi connectivity index (χ0n) is 13.4. The number of nitrogens with zero attached hydrogens (tertiary/aromatic N) is 1. The zero-order chi connectivity index (χ0) is 15.6. The van der Waals surface area contributed by atoms with E-state index < -0.39 is 5.97 Å². The van der Waals surface area contributed by atoms with Crippen LogP contribution >= 0.6 is 0 Å². The van der Waals surface area contributed by atoms with E-state index in [1.165, 1.54) is 25.7 Å². The van der Waals surface area contributed by atoms with E-state index in [-0.39, 0.29) is 30.5 Å². The minimum Gasteiger partial charge on any atom is -0.481 e. The van der Waals surface area contributed by atoms with Crippen LogP contribution in [0.15, 0.2) is 0 Å². The largest absolute Gasteiger partial charge is 0.481 e. The van der Waals surface area contributed by atoms with Gasteiger partial charge < -0.3 is 15.3 Å². The van der Waals surface area contributed by atoms with E-state index in [0.717, 1.165) is 6.42 Å². The Labute approximate surface area is 127 Å². The molecule has 1 heterocycles. The van der Waals surface area contributed by atoms with Gasteiger partial charge >= 0.3 is 5.97 Å². The van der Waals surface area contributed by atoms with E-state index >= 15 is 0 Å². The quantitative estimate of drug-likeness (QED) is 0.832. The number of amides is 1. The molecule has 1 saturated carbocycles. The molecule has 0 aromatic heterocycles. The number of aliphatic carboxylic acids is 1. The van der Waals surface area contributed by atoms with Crippen LogP contribution in [0.5, 0.6) is 0 Å². The maximum atomic E-state index is 12.8. The number of hydrogen-bond acceptors (Lipinski definition) is 3. The van der Waals surface area contributed by atoms with Crippen molar-refractivity contribution < 1.29 is 14.7 Å². The van der Waals surface area contributed by atoms with Crippen LogP contribution in [-0.4, -0.2) is 46.1 Å². The Morgan fingerprint density at radius 2 is 1.90 bits per heavy atom. The molecular weight excluding hydrogens is 268 g/mol. The maximum Gasteiger partial charge on any atom is 0.305 e. The zero-order valence-corrected chi connectivity index (χ0v) is 13.4. The molecule has 0 spiro atoms. The highest BCUT2D eigenvalue weighted by atomic mass is 16.4. The van der Waals surface area contributed by atoms with Crippen molar-refractivity contribution >= 4 is 11.9 Å². The molecule has 0 aromatic carbocycles. The lowest BCUT2D eigenvalue weighted by atomic mass is 9.85. The molecule has 21 heavy (non-hydrogen) atoms. The lowest BCUT2D eigenvalue weighted by Gasteiger charge is -2.37. The number of carbonyl (C=O) groups excluding carboxylic acids is 1. The lowest BCUT2D eigenvalue weighted by Crippen LogP contribution is -2.53. The van der Waals surface area contributed by atoms with Crippen LogP contribution in [0.1, 0.15) is 59.3 Å². The molecule has 3 atom stereocenters. The SMILES string of the molecule is CC(C)(C)N(CCC(=O)O)C(=O)C1CC2CCCCC2N1. The second-order valence-electron chi connectivity index (χ2n) is 7.41. The number of nitrogens with one attached hydrogen (secondary N) is 1. The maximum absolute atomic E-state index is 12.8. The highest BCUT2D eigenvalue weighted by Gasteiger charge is 2.41. The minimum atomic E-state index is -0.856. The standard InChI is InChI=1S/C16H28N2O3/c1-16(2,3)18(9-8-14(19)20)15(21)13-10-11-6-4-5-7-12(11)17-13/h11-13,17H,4-10H2,1-3H3,(H,19,20). The van der Waals surface area contributed by atoms with Crippen LogP contribution in [-0.2, 0) is 9.59 Å². The van der Waals surface area contributed by atoms with Gasteiger partial charge in [-0.1, -0.05) is 12.8 Å². The van der Waals surface area contributed by atoms with Crippen molar-refractivity contribution in [1.29, 1.82) is 0 Å². The monoisotopic (exact) mass is 296 g/mol. The summed E-state index contributed by atoms with van der Waals surface area (Å²) in [5.74, 6) is -0.169. The van der Waals surface area contributed by atoms with Gasteiger partial charge in [0.2, 0.25) is 5.91 Å². The lowest BCUT2D eigenvalue weighted by molar-refractivity contribution is -0.141. The third-order valence-electron chi connectivity index (χ3n) is 4.79. The van der Waals surface area contributed by atoms with Crippen LogP contribution < -0.4 is 5.32 Å². The first-order chi connectivity index (χ1) is 9.79. The second kappa shape index (κ2) is 6.34. The fraction of sp³-hybridized carbons (Fsp3) is 0.875. The molecule has 0 bridgehead atoms. The Bertz CT molecular complexity index is 389. The van der Waals surface area contributed by atoms with Crippen molar-refractivity contribution in [2.45, 2.75) is 76.9 Å². The smallest absolute Gasteiger partial charge is 0.305 e. The fourth-order valence-electron chi connectivity index (χ4n) is 3.68. The van der Waals surface area contributed by atoms with Crippen LogP contribution in [0.25, 0.3) is 0 Å². The molecule has 0 radical (unpaired) electrons. The topological polar surface area (TPSA) is 69.6 Å². The Kier molecular flexibility index (Phi) is 4.91. The molecule has 2 N–H and O–H groups in total. The summed E-state index contributed by atoms with van der Waals surface area (Å²) >= 11 is 0. The highest BCUT2D eigenvalue weighted by molar-refractivity contribution is 5.83. The van der Waals surface area contributed by atoms with Crippen molar-refractivity contribution in [1.82, 2.24) is 10.2 Å². The van der Waals surface area contributed by atoms with Gasteiger partial charge in [0.25, 0.3) is 0 Å². The molecule has 2 fully saturated rings. The predicted octanol–water partition coefficient (Wildman–Crippen LogP) is 2.01. The Balaban J connectivity index is 2.02. The van der Waals surface area contributed by atoms with Crippen molar-refractivity contribution in [2.24, 2.45) is 5.92 Å². The number of carboxylic acid groups (broad SMARTS) is 1. The van der Waals surface area contributed by atoms with E-state index in [0.29, 0.717) is 12.0 Å². The van der Waals surface area contributed by atoms with Crippen LogP contribution in [0.3, 0.4) is 0 Å². The van der Waals surface area contributed by atoms with Gasteiger partial charge in [-0.2, -0.15) is 0 Å². The van der Waals surface area contributed by atoms with E-state index in [9.17, 15) is 9.59 Å². The van der Waals surface area contributed by atoms with Crippen LogP contribution in [0, 0.1) is 5.92 Å². The van der Waals surface area contributed by atoms with Gasteiger partial charge in [-0.3, -0.25) is 9.59 Å². The van der Waals surface area contributed by atoms with Gasteiger partial charge in [-0.05, 0) is 46.0 Å². The summed E-state index contributed by atoms with van der Waals surface area (Å²) in [5, 5.41) is 12.4. The third-order valence-corrected chi connectivity index (χ3v) is 4.79. The van der Waals surface area contributed by atoms with Crippen LogP contribution in [0.4, 0.5) is 0 Å². The normalized spacial score (nSPS) is 29.0. The Hall–Kier alpha value is -1.10. The number of hydrogen-bond donors (Lipinski definition) is 2. The van der Waals surface area contributed by atoms with Gasteiger partial charge in [0, 0.05) is 18.1 Å². The highest BCUT2D eigenvalue weighted by Crippen LogP contribution is 2.34. The van der Waals surface area contributed by atoms with Gasteiger partial charge in [-0.15, -0.1) is 0 Å². The number of rotatable bonds is 4. The number of carbonyl (C=O) groups is 2. The molecule has 1 aliphatic heterocycles. The summed E-state index contributed by atoms with van der Waals surface area (Å²) in [7, 11) is 0. The minimum absolute atomic E-state index is 0.00257. The molecule has 5 heteroatoms. The summed E-state index contributed by atoms with van der Waals surface area (Å²) in [6.45, 7) is 6.18. The van der Waals surface area contributed by atoms with E-state index in [2.05, 4.69) is 5.32 Å². The average molecular weight is 296 g/mol. The van der Waals surface area contributed by atoms with E-state index in [4.69, 9.17) is 5.11 Å². The van der Waals surface area contributed by atoms with Crippen molar-refractivity contribution in [3.8, 4) is 0 Å². The average Bonchev–Trinajstić information content (AvgIpc) is 2.80. The molecular formula is C16H28N2O3. The molecule has 1 amide bonds. The van der Waals surface area contributed by atoms with Gasteiger partial charge in [0.15, 0.2) is 0 Å². The molecule has 1 saturated heterocycles. The fourth-order valence-corrected chi connectivity index (χ4v) is 3.68. The third kappa shape index (κ3) is 3.96. The molecule has 3 unspecified atom stereocenters. The van der Waals surface area contributed by atoms with Gasteiger partial charge in [0.1, 0.15) is 0 Å². The van der Waals surface area contributed by atoms with Gasteiger partial charge in [0.05, 0.1) is 12.5 Å². The molecule has 1 aliphatic carbocycles. The summed E-state index contributed by atoms with van der Waals surface area (Å²) in [4.78, 5) is 25.4. The molecule has 120 valence electrons. The first kappa shape index (κ1) is 16.3. The summed E-state index contributed by atoms with van der Waals surface area (Å²) < 4.78 is 0. The molecule has 2 rings (SSSR count). The molecule has 5 nitrogen and oxygen atoms in total. The molecule has 2 aliphatic rings. The second-order valence-corrected chi connectivity index (χ2v) is 7.41. The predicted molar refractivity (Wildman–Crippen MR) is 81.0 cm³/mol. The first-order valence-electron chi connectivity index (χ1n) is 8.08. The summed E-state index contributed by atoms with van der Waals surface area (Å²) in [6, 6.07) is 0.347. The Morgan fingerprint density at radius 1 is 1.24 bits per heavy atom. The summed E-state index contributed by atoms with van der Waals surface area (Å²) in [5.41, 5.74) is -0.345. The van der Waals surface area contributed by atoms with Crippen molar-refractivity contribution in [3.05, 3.63) is 0 Å². The summed E-state index contributed by atoms with van der Waals surface area (Å²) in [6.07, 6.45) is 5.81. The van der Waals surface area contributed by atoms with Crippen LogP contribution in [0.2, 0.25) is 0 Å². The van der Waals surface area contributed by atoms with E-state index in [1.807, 2.05) is 20.8 Å².